The molecule has 1 saturated heterocycles. The molecule has 31 heavy (non-hydrogen) atoms. The second-order valence-electron chi connectivity index (χ2n) is 8.04. The van der Waals surface area contributed by atoms with Gasteiger partial charge in [0.15, 0.2) is 0 Å². The van der Waals surface area contributed by atoms with Crippen LogP contribution in [0, 0.1) is 0 Å². The van der Waals surface area contributed by atoms with Gasteiger partial charge in [-0.05, 0) is 35.4 Å². The van der Waals surface area contributed by atoms with E-state index < -0.39 is 0 Å². The minimum Gasteiger partial charge on any atom is -0.368 e. The largest absolute Gasteiger partial charge is 0.368 e. The van der Waals surface area contributed by atoms with Crippen LogP contribution in [0.4, 0.5) is 0 Å². The van der Waals surface area contributed by atoms with E-state index >= 15 is 0 Å². The van der Waals surface area contributed by atoms with E-state index in [4.69, 9.17) is 9.84 Å². The highest BCUT2D eigenvalue weighted by Gasteiger charge is 2.36. The van der Waals surface area contributed by atoms with Crippen LogP contribution in [0.25, 0.3) is 0 Å². The summed E-state index contributed by atoms with van der Waals surface area (Å²) in [6.45, 7) is 3.87. The summed E-state index contributed by atoms with van der Waals surface area (Å²) in [5.74, 6) is 0.0471. The number of hydrogen-bond acceptors (Lipinski definition) is 6. The summed E-state index contributed by atoms with van der Waals surface area (Å²) in [6.07, 6.45) is 0.817. The van der Waals surface area contributed by atoms with Crippen molar-refractivity contribution in [1.29, 1.82) is 0 Å². The number of rotatable bonds is 5. The van der Waals surface area contributed by atoms with E-state index in [0.29, 0.717) is 13.1 Å². The SMILES string of the molecule is CC1CN(CC(=O)N2N=C(c3cccs3)CC2c2cccs2)CC(c2ccccc2)O1. The molecular weight excluding hydrogens is 426 g/mol. The molecule has 0 aliphatic carbocycles. The van der Waals surface area contributed by atoms with Crippen molar-refractivity contribution in [2.75, 3.05) is 19.6 Å². The molecule has 2 aliphatic heterocycles. The molecular formula is C24H25N3O2S2. The summed E-state index contributed by atoms with van der Waals surface area (Å²) >= 11 is 3.36. The van der Waals surface area contributed by atoms with Crippen molar-refractivity contribution in [3.8, 4) is 0 Å². The van der Waals surface area contributed by atoms with Crippen molar-refractivity contribution < 1.29 is 9.53 Å². The Hall–Kier alpha value is -2.32. The third-order valence-corrected chi connectivity index (χ3v) is 7.60. The van der Waals surface area contributed by atoms with Crippen LogP contribution in [0.2, 0.25) is 0 Å². The maximum absolute atomic E-state index is 13.4. The fourth-order valence-corrected chi connectivity index (χ4v) is 5.85. The number of morpholine rings is 1. The molecule has 2 aromatic heterocycles. The topological polar surface area (TPSA) is 45.1 Å². The summed E-state index contributed by atoms with van der Waals surface area (Å²) in [6, 6.07) is 18.5. The van der Waals surface area contributed by atoms with Gasteiger partial charge in [0, 0.05) is 24.4 Å². The average Bonchev–Trinajstić information content (AvgIpc) is 3.55. The standard InChI is InChI=1S/C24H25N3O2S2/c1-17-14-26(15-21(29-17)18-7-3-2-4-8-18)16-24(28)27-20(23-10-6-12-31-23)13-19(25-27)22-9-5-11-30-22/h2-12,17,20-21H,13-16H2,1H3. The number of thiophene rings is 2. The lowest BCUT2D eigenvalue weighted by Gasteiger charge is -2.37. The molecule has 3 atom stereocenters. The number of carbonyl (C=O) groups excluding carboxylic acids is 1. The number of benzene rings is 1. The second kappa shape index (κ2) is 9.04. The predicted octanol–water partition coefficient (Wildman–Crippen LogP) is 4.95. The van der Waals surface area contributed by atoms with E-state index in [1.165, 1.54) is 4.88 Å². The van der Waals surface area contributed by atoms with Gasteiger partial charge in [-0.1, -0.05) is 42.5 Å². The Labute approximate surface area is 190 Å². The highest BCUT2D eigenvalue weighted by molar-refractivity contribution is 7.12. The van der Waals surface area contributed by atoms with Crippen LogP contribution in [0.3, 0.4) is 0 Å². The first-order valence-corrected chi connectivity index (χ1v) is 12.3. The first-order chi connectivity index (χ1) is 15.2. The molecule has 3 aromatic rings. The monoisotopic (exact) mass is 451 g/mol. The summed E-state index contributed by atoms with van der Waals surface area (Å²) in [7, 11) is 0. The van der Waals surface area contributed by atoms with E-state index in [9.17, 15) is 4.79 Å². The number of nitrogens with zero attached hydrogens (tertiary/aromatic N) is 3. The Morgan fingerprint density at radius 2 is 1.87 bits per heavy atom. The molecule has 0 saturated carbocycles. The molecule has 0 N–H and O–H groups in total. The van der Waals surface area contributed by atoms with Gasteiger partial charge < -0.3 is 4.74 Å². The van der Waals surface area contributed by atoms with Crippen molar-refractivity contribution in [3.05, 3.63) is 80.7 Å². The van der Waals surface area contributed by atoms with Crippen LogP contribution in [0.1, 0.15) is 40.8 Å². The molecule has 4 heterocycles. The van der Waals surface area contributed by atoms with Crippen molar-refractivity contribution in [2.24, 2.45) is 5.10 Å². The predicted molar refractivity (Wildman–Crippen MR) is 126 cm³/mol. The lowest BCUT2D eigenvalue weighted by molar-refractivity contribution is -0.138. The molecule has 0 bridgehead atoms. The Balaban J connectivity index is 1.34. The third-order valence-electron chi connectivity index (χ3n) is 5.71. The zero-order chi connectivity index (χ0) is 21.2. The van der Waals surface area contributed by atoms with Crippen molar-refractivity contribution >= 4 is 34.3 Å². The maximum Gasteiger partial charge on any atom is 0.257 e. The maximum atomic E-state index is 13.4. The van der Waals surface area contributed by atoms with Crippen molar-refractivity contribution in [3.63, 3.8) is 0 Å². The molecule has 1 fully saturated rings. The fourth-order valence-electron chi connectivity index (χ4n) is 4.32. The summed E-state index contributed by atoms with van der Waals surface area (Å²) in [4.78, 5) is 18.0. The Bertz CT molecular complexity index is 1030. The smallest absolute Gasteiger partial charge is 0.257 e. The van der Waals surface area contributed by atoms with Crippen LogP contribution >= 0.6 is 22.7 Å². The Morgan fingerprint density at radius 1 is 1.06 bits per heavy atom. The first-order valence-electron chi connectivity index (χ1n) is 10.6. The number of ether oxygens (including phenoxy) is 1. The summed E-state index contributed by atoms with van der Waals surface area (Å²) in [5.41, 5.74) is 2.15. The van der Waals surface area contributed by atoms with Gasteiger partial charge in [-0.2, -0.15) is 5.10 Å². The van der Waals surface area contributed by atoms with Crippen LogP contribution < -0.4 is 0 Å². The third kappa shape index (κ3) is 4.50. The van der Waals surface area contributed by atoms with Crippen molar-refractivity contribution in [2.45, 2.75) is 31.6 Å². The highest BCUT2D eigenvalue weighted by atomic mass is 32.1. The van der Waals surface area contributed by atoms with Gasteiger partial charge in [-0.25, -0.2) is 5.01 Å². The number of amides is 1. The molecule has 0 radical (unpaired) electrons. The van der Waals surface area contributed by atoms with E-state index in [-0.39, 0.29) is 24.2 Å². The lowest BCUT2D eigenvalue weighted by atomic mass is 10.1. The van der Waals surface area contributed by atoms with E-state index in [0.717, 1.165) is 29.1 Å². The van der Waals surface area contributed by atoms with E-state index in [2.05, 4.69) is 46.8 Å². The average molecular weight is 452 g/mol. The zero-order valence-electron chi connectivity index (χ0n) is 17.4. The van der Waals surface area contributed by atoms with Gasteiger partial charge in [-0.3, -0.25) is 9.69 Å². The van der Waals surface area contributed by atoms with E-state index in [1.807, 2.05) is 30.3 Å². The van der Waals surface area contributed by atoms with Gasteiger partial charge in [-0.15, -0.1) is 22.7 Å². The Kier molecular flexibility index (Phi) is 6.00. The quantitative estimate of drug-likeness (QED) is 0.551. The molecule has 5 nitrogen and oxygen atoms in total. The number of hydrazone groups is 1. The number of carbonyl (C=O) groups is 1. The van der Waals surface area contributed by atoms with Crippen LogP contribution in [-0.2, 0) is 9.53 Å². The van der Waals surface area contributed by atoms with Gasteiger partial charge in [0.2, 0.25) is 0 Å². The van der Waals surface area contributed by atoms with Gasteiger partial charge in [0.05, 0.1) is 35.4 Å². The van der Waals surface area contributed by atoms with Crippen molar-refractivity contribution in [1.82, 2.24) is 9.91 Å². The highest BCUT2D eigenvalue weighted by Crippen LogP contribution is 2.36. The zero-order valence-corrected chi connectivity index (χ0v) is 19.0. The Morgan fingerprint density at radius 3 is 2.61 bits per heavy atom. The second-order valence-corrected chi connectivity index (χ2v) is 9.96. The van der Waals surface area contributed by atoms with Gasteiger partial charge >= 0.3 is 0 Å². The van der Waals surface area contributed by atoms with Gasteiger partial charge in [0.1, 0.15) is 0 Å². The molecule has 1 aromatic carbocycles. The minimum atomic E-state index is -0.0204. The van der Waals surface area contributed by atoms with Crippen LogP contribution in [0.5, 0.6) is 0 Å². The summed E-state index contributed by atoms with van der Waals surface area (Å²) < 4.78 is 6.16. The normalized spacial score (nSPS) is 24.4. The molecule has 0 spiro atoms. The van der Waals surface area contributed by atoms with E-state index in [1.54, 1.807) is 27.7 Å². The summed E-state index contributed by atoms with van der Waals surface area (Å²) in [5, 5.41) is 10.6. The lowest BCUT2D eigenvalue weighted by Crippen LogP contribution is -2.47. The molecule has 5 rings (SSSR count). The van der Waals surface area contributed by atoms with Gasteiger partial charge in [0.25, 0.3) is 5.91 Å². The number of hydrogen-bond donors (Lipinski definition) is 0. The molecule has 3 unspecified atom stereocenters. The molecule has 1 amide bonds. The fraction of sp³-hybridized carbons (Fsp3) is 0.333. The molecule has 2 aliphatic rings. The first kappa shape index (κ1) is 20.6. The molecule has 160 valence electrons. The minimum absolute atomic E-state index is 0.0189. The molecule has 7 heteroatoms. The van der Waals surface area contributed by atoms with Crippen LogP contribution in [-0.4, -0.2) is 47.3 Å². The van der Waals surface area contributed by atoms with Crippen LogP contribution in [0.15, 0.2) is 70.5 Å².